The summed E-state index contributed by atoms with van der Waals surface area (Å²) in [7, 11) is -25.0. The molecule has 0 saturated carbocycles. The number of aromatic nitrogens is 16. The van der Waals surface area contributed by atoms with Crippen LogP contribution >= 0.6 is 39.5 Å². The third-order valence-electron chi connectivity index (χ3n) is 16.8. The zero-order chi connectivity index (χ0) is 74.1. The van der Waals surface area contributed by atoms with E-state index < -0.39 is 212 Å². The highest BCUT2D eigenvalue weighted by Gasteiger charge is 2.50. The smallest absolute Gasteiger partial charge is 0.390 e. The molecular weight excluding hydrogens is 1500 g/mol. The normalized spacial score (nSPS) is 29.0. The molecule has 5 fully saturated rings. The molecule has 104 heavy (non-hydrogen) atoms. The largest absolute Gasteiger partial charge is 0.694 e. The number of rotatable bonds is 28. The quantitative estimate of drug-likeness (QED) is 0.0236. The minimum atomic E-state index is -5.58. The van der Waals surface area contributed by atoms with Crippen LogP contribution in [0.4, 0.5) is 23.5 Å². The van der Waals surface area contributed by atoms with Crippen LogP contribution in [0.15, 0.2) is 67.7 Å². The molecule has 5 aliphatic rings. The number of ether oxygens (including phenoxy) is 5. The van der Waals surface area contributed by atoms with Crippen molar-refractivity contribution in [2.75, 3.05) is 56.0 Å². The summed E-state index contributed by atoms with van der Waals surface area (Å²) < 4.78 is 152. The molecule has 0 aliphatic carbocycles. The maximum atomic E-state index is 14.3. The van der Waals surface area contributed by atoms with E-state index in [1.165, 1.54) is 45.5 Å². The van der Waals surface area contributed by atoms with Crippen molar-refractivity contribution in [1.82, 2.24) is 77.7 Å². The maximum absolute atomic E-state index is 14.3. The molecule has 0 spiro atoms. The number of nitrogen functional groups attached to an aromatic ring is 4. The predicted octanol–water partition coefficient (Wildman–Crippen LogP) is -1.99. The highest BCUT2D eigenvalue weighted by Crippen LogP contribution is 2.55. The number of fused-ring (bicyclic) bond motifs is 3. The molecule has 0 amide bonds. The van der Waals surface area contributed by atoms with Crippen LogP contribution in [0.2, 0.25) is 0 Å². The van der Waals surface area contributed by atoms with Gasteiger partial charge in [-0.2, -0.15) is 15.0 Å². The van der Waals surface area contributed by atoms with E-state index in [9.17, 15) is 76.4 Å². The van der Waals surface area contributed by atoms with Gasteiger partial charge in [0.1, 0.15) is 110 Å². The van der Waals surface area contributed by atoms with Gasteiger partial charge in [-0.25, -0.2) is 52.8 Å². The van der Waals surface area contributed by atoms with Crippen LogP contribution in [0.1, 0.15) is 68.8 Å². The Balaban J connectivity index is 0.700. The van der Waals surface area contributed by atoms with Gasteiger partial charge in [0.2, 0.25) is 11.9 Å². The van der Waals surface area contributed by atoms with E-state index in [4.69, 9.17) is 87.3 Å². The molecule has 0 radical (unpaired) electrons. The Kier molecular flexibility index (Phi) is 21.2. The molecule has 13 rings (SSSR count). The fraction of sp³-hybridized carbons (Fsp3) is 0.531. The number of aromatic amines is 3. The average Bonchev–Trinajstić information content (AvgIpc) is 1.65. The molecule has 13 heterocycles. The second kappa shape index (κ2) is 29.5. The highest BCUT2D eigenvalue weighted by atomic mass is 31.2. The topological polar surface area (TPSA) is 701 Å². The lowest BCUT2D eigenvalue weighted by molar-refractivity contribution is -0.0642. The van der Waals surface area contributed by atoms with E-state index in [0.717, 1.165) is 28.0 Å². The van der Waals surface area contributed by atoms with Crippen molar-refractivity contribution in [2.24, 2.45) is 0 Å². The highest BCUT2D eigenvalue weighted by molar-refractivity contribution is 7.48. The van der Waals surface area contributed by atoms with Gasteiger partial charge in [-0.3, -0.25) is 88.4 Å². The number of aliphatic hydroxyl groups is 1. The number of aliphatic hydroxyl groups excluding tert-OH is 1. The number of phosphoric acid groups is 4. The molecule has 8 aromatic heterocycles. The van der Waals surface area contributed by atoms with E-state index in [1.807, 2.05) is 0 Å². The van der Waals surface area contributed by atoms with Crippen molar-refractivity contribution in [3.8, 4) is 0 Å². The minimum Gasteiger partial charge on any atom is -0.390 e. The molecular formula is C49H62N20O30P5+. The molecule has 55 heteroatoms. The second-order valence-corrected chi connectivity index (χ2v) is 30.1. The van der Waals surface area contributed by atoms with Gasteiger partial charge in [0.05, 0.1) is 51.5 Å². The van der Waals surface area contributed by atoms with Crippen LogP contribution in [0, 0.1) is 6.92 Å². The average molecular weight is 1570 g/mol. The third-order valence-corrected chi connectivity index (χ3v) is 21.2. The number of hydrogen-bond donors (Lipinski definition) is 13. The van der Waals surface area contributed by atoms with Crippen LogP contribution in [0.25, 0.3) is 33.5 Å². The van der Waals surface area contributed by atoms with Crippen LogP contribution in [-0.4, -0.2) is 201 Å². The Bertz CT molecular complexity index is 5110. The SMILES string of the molecule is Cc1cn([C@H]2C[C@H](OP(=O)(O)OC[C@H]3O[C@@H](n4ccc(N)nc4=O)C[C@@H]3OP(=O)(O)OC[C@H]3O[C@@H](n4cnc5c(N)ncnc54)C[C@@H]3O)[C@@H](COP(=O)(O)O[C@H]3C[C@H](n4cnc5c(=O)[nH]c(N)nc54)O[C@@H]3COP(=O)(O)O[C@H]3C[C@H](n4cnc5c(=O)[nH]c(N)nc54)O[C@@H]3CO[P+](=O)O)O2)c(=O)[nH]c1=O. The van der Waals surface area contributed by atoms with Crippen molar-refractivity contribution in [3.63, 3.8) is 0 Å². The molecule has 50 nitrogen and oxygen atoms in total. The number of imidazole rings is 3. The van der Waals surface area contributed by atoms with E-state index >= 15 is 0 Å². The predicted molar refractivity (Wildman–Crippen MR) is 341 cm³/mol. The fourth-order valence-corrected chi connectivity index (χ4v) is 16.1. The summed E-state index contributed by atoms with van der Waals surface area (Å²) in [6.45, 7) is -3.34. The molecule has 17 N–H and O–H groups in total. The number of phosphoric ester groups is 4. The lowest BCUT2D eigenvalue weighted by Crippen LogP contribution is -2.33. The molecule has 20 atom stereocenters. The van der Waals surface area contributed by atoms with E-state index in [1.54, 1.807) is 0 Å². The number of aryl methyl sites for hydroxylation is 1. The number of nitrogens with zero attached hydrogens (tertiary/aromatic N) is 13. The standard InChI is InChI=1S/C49H61N20O30P5/c1-19-9-66(49(75)64-43(19)71)33-6-23(98-103(82,83)88-12-27-22(5-32(93-27)65-3-2-30(50)59-48(65)74)97-101(78,79)87-11-25-20(70)4-31(91-25)67-16-56-36-39(51)54-15-55-40(36)67)28(94-33)13-89-104(84,85)99-24-8-35(69-18-58-38-42(69)61-47(53)63-45(38)73)95-29(24)14-90-102(80,81)96-21-7-34(92-26(21)10-86-100(76)77)68-17-57-37-41(68)60-46(52)62-44(37)72/h2-3,9,15-18,20-29,31-35,70H,4-8,10-14H2,1H3,(H15-,50,51,52,53,54,55,59,60,61,62,63,64,71,72,73,74,75,76,77,78,79,80,81,82,83,84,85)/p+1/t20-,21-,22-,23-,24-,25+,26+,27+,28+,29+,31+,32+,33+,34+,35+/m0/s1. The fourth-order valence-electron chi connectivity index (χ4n) is 12.0. The van der Waals surface area contributed by atoms with E-state index in [-0.39, 0.29) is 75.4 Å². The maximum Gasteiger partial charge on any atom is 0.694 e. The molecule has 0 aromatic carbocycles. The Hall–Kier alpha value is -7.77. The summed E-state index contributed by atoms with van der Waals surface area (Å²) in [6.07, 6.45) is -17.0. The van der Waals surface area contributed by atoms with Crippen LogP contribution in [-0.2, 0) is 87.2 Å². The molecule has 5 aliphatic heterocycles. The Morgan fingerprint density at radius 2 is 0.923 bits per heavy atom. The summed E-state index contributed by atoms with van der Waals surface area (Å²) in [6, 6.07) is 1.22. The molecule has 0 bridgehead atoms. The summed E-state index contributed by atoms with van der Waals surface area (Å²) in [4.78, 5) is 158. The Labute approximate surface area is 577 Å². The zero-order valence-electron chi connectivity index (χ0n) is 53.1. The Morgan fingerprint density at radius 3 is 1.38 bits per heavy atom. The first-order chi connectivity index (χ1) is 49.2. The van der Waals surface area contributed by atoms with Crippen LogP contribution < -0.4 is 51.0 Å². The van der Waals surface area contributed by atoms with Crippen molar-refractivity contribution < 1.29 is 117 Å². The van der Waals surface area contributed by atoms with Crippen molar-refractivity contribution >= 4 is 96.6 Å². The first kappa shape index (κ1) is 74.5. The number of anilines is 4. The van der Waals surface area contributed by atoms with Gasteiger partial charge in [-0.1, -0.05) is 0 Å². The van der Waals surface area contributed by atoms with Gasteiger partial charge in [-0.15, -0.1) is 9.42 Å². The van der Waals surface area contributed by atoms with Crippen molar-refractivity contribution in [2.45, 2.75) is 131 Å². The molecule has 8 aromatic rings. The summed E-state index contributed by atoms with van der Waals surface area (Å²) in [5.74, 6) is -0.789. The minimum absolute atomic E-state index is 0.0223. The van der Waals surface area contributed by atoms with Gasteiger partial charge in [-0.05, 0) is 13.0 Å². The molecule has 562 valence electrons. The summed E-state index contributed by atoms with van der Waals surface area (Å²) in [5, 5.41) is 10.9. The van der Waals surface area contributed by atoms with Crippen molar-refractivity contribution in [3.05, 3.63) is 101 Å². The number of hydrogen-bond acceptors (Lipinski definition) is 37. The lowest BCUT2D eigenvalue weighted by Gasteiger charge is -2.25. The van der Waals surface area contributed by atoms with Crippen molar-refractivity contribution in [1.29, 1.82) is 0 Å². The number of H-pyrrole nitrogens is 3. The van der Waals surface area contributed by atoms with Gasteiger partial charge in [0.15, 0.2) is 33.8 Å². The zero-order valence-corrected chi connectivity index (χ0v) is 57.6. The monoisotopic (exact) mass is 1570 g/mol. The second-order valence-electron chi connectivity index (χ2n) is 23.7. The van der Waals surface area contributed by atoms with Crippen LogP contribution in [0.5, 0.6) is 0 Å². The van der Waals surface area contributed by atoms with Gasteiger partial charge in [0, 0.05) is 54.6 Å². The van der Waals surface area contributed by atoms with E-state index in [0.29, 0.717) is 0 Å². The number of nitrogens with one attached hydrogen (secondary N) is 3. The Morgan fingerprint density at radius 1 is 0.519 bits per heavy atom. The van der Waals surface area contributed by atoms with Gasteiger partial charge < -0.3 is 71.3 Å². The molecule has 5 saturated heterocycles. The van der Waals surface area contributed by atoms with Gasteiger partial charge in [0.25, 0.3) is 16.7 Å². The summed E-state index contributed by atoms with van der Waals surface area (Å²) in [5.41, 5.74) is 18.7. The summed E-state index contributed by atoms with van der Waals surface area (Å²) >= 11 is 0. The first-order valence-electron chi connectivity index (χ1n) is 30.6. The van der Waals surface area contributed by atoms with Crippen LogP contribution in [0.3, 0.4) is 0 Å². The van der Waals surface area contributed by atoms with E-state index in [2.05, 4.69) is 54.8 Å². The third kappa shape index (κ3) is 16.4. The molecule has 5 unspecified atom stereocenters. The lowest BCUT2D eigenvalue weighted by atomic mass is 10.2. The van der Waals surface area contributed by atoms with Gasteiger partial charge >= 0.3 is 50.9 Å². The first-order valence-corrected chi connectivity index (χ1v) is 37.7. The number of nitrogens with two attached hydrogens (primary N) is 4.